The van der Waals surface area contributed by atoms with Crippen LogP contribution in [0, 0.1) is 0 Å². The zero-order valence-corrected chi connectivity index (χ0v) is 10.7. The van der Waals surface area contributed by atoms with Gasteiger partial charge < -0.3 is 5.11 Å². The monoisotopic (exact) mass is 282 g/mol. The lowest BCUT2D eigenvalue weighted by molar-refractivity contribution is 0.478. The minimum atomic E-state index is -3.58. The maximum absolute atomic E-state index is 11.4. The molecule has 7 nitrogen and oxygen atoms in total. The van der Waals surface area contributed by atoms with Gasteiger partial charge in [-0.2, -0.15) is 0 Å². The fourth-order valence-corrected chi connectivity index (χ4v) is 3.82. The molecule has 0 aliphatic carbocycles. The van der Waals surface area contributed by atoms with E-state index in [1.165, 1.54) is 18.2 Å². The van der Waals surface area contributed by atoms with Gasteiger partial charge in [-0.15, -0.1) is 0 Å². The third kappa shape index (κ3) is 3.92. The molecule has 0 fully saturated rings. The summed E-state index contributed by atoms with van der Waals surface area (Å²) in [4.78, 5) is 0.372. The van der Waals surface area contributed by atoms with Crippen molar-refractivity contribution in [3.8, 4) is 5.75 Å². The standard InChI is InChI=1S/C6H12N4O3P2S/c7-14(8,12)6-3-4(1-2-5(6)11)16-15(9,10)13/h1-3,11H,(H4,7,8,12)(H4,9,10,13). The van der Waals surface area contributed by atoms with Crippen LogP contribution in [0.15, 0.2) is 23.1 Å². The molecule has 0 aliphatic rings. The first-order valence-electron chi connectivity index (χ1n) is 3.97. The van der Waals surface area contributed by atoms with Crippen LogP contribution in [0.2, 0.25) is 0 Å². The molecule has 1 aromatic carbocycles. The van der Waals surface area contributed by atoms with E-state index < -0.39 is 14.1 Å². The molecule has 0 spiro atoms. The molecule has 0 saturated carbocycles. The number of phenolic OH excluding ortho intramolecular Hbond substituents is 1. The smallest absolute Gasteiger partial charge is 0.265 e. The van der Waals surface area contributed by atoms with Crippen molar-refractivity contribution in [2.75, 3.05) is 0 Å². The van der Waals surface area contributed by atoms with E-state index >= 15 is 0 Å². The average molecular weight is 282 g/mol. The van der Waals surface area contributed by atoms with Crippen LogP contribution in [-0.4, -0.2) is 5.11 Å². The van der Waals surface area contributed by atoms with Gasteiger partial charge in [-0.1, -0.05) is 0 Å². The second-order valence-electron chi connectivity index (χ2n) is 3.10. The molecule has 16 heavy (non-hydrogen) atoms. The summed E-state index contributed by atoms with van der Waals surface area (Å²) in [6.07, 6.45) is 0. The second-order valence-corrected chi connectivity index (χ2v) is 9.20. The SMILES string of the molecule is NP(N)(=O)Sc1ccc(O)c(P(N)(N)=O)c1. The van der Waals surface area contributed by atoms with E-state index in [1.54, 1.807) is 0 Å². The predicted octanol–water partition coefficient (Wildman–Crippen LogP) is 0.246. The highest BCUT2D eigenvalue weighted by atomic mass is 32.7. The highest BCUT2D eigenvalue weighted by Gasteiger charge is 2.20. The molecule has 0 atom stereocenters. The molecule has 0 heterocycles. The summed E-state index contributed by atoms with van der Waals surface area (Å²) in [5.41, 5.74) is 20.8. The molecule has 1 rings (SSSR count). The number of hydrogen-bond donors (Lipinski definition) is 5. The molecule has 1 aromatic rings. The minimum absolute atomic E-state index is 0.106. The van der Waals surface area contributed by atoms with Crippen molar-refractivity contribution in [1.82, 2.24) is 0 Å². The van der Waals surface area contributed by atoms with E-state index in [9.17, 15) is 14.2 Å². The van der Waals surface area contributed by atoms with E-state index in [4.69, 9.17) is 22.0 Å². The molecule has 0 unspecified atom stereocenters. The number of aromatic hydroxyl groups is 1. The van der Waals surface area contributed by atoms with Gasteiger partial charge in [0.05, 0.1) is 5.30 Å². The van der Waals surface area contributed by atoms with Crippen molar-refractivity contribution >= 4 is 30.8 Å². The Hall–Kier alpha value is -0.330. The van der Waals surface area contributed by atoms with Crippen molar-refractivity contribution in [1.29, 1.82) is 0 Å². The van der Waals surface area contributed by atoms with E-state index in [0.717, 1.165) is 0 Å². The Labute approximate surface area is 96.3 Å². The Balaban J connectivity index is 3.19. The summed E-state index contributed by atoms with van der Waals surface area (Å²) in [5.74, 6) is -0.290. The first-order valence-corrected chi connectivity index (χ1v) is 9.08. The average Bonchev–Trinajstić information content (AvgIpc) is 2.04. The molecule has 10 heteroatoms. The summed E-state index contributed by atoms with van der Waals surface area (Å²) >= 11 is 0.707. The van der Waals surface area contributed by atoms with E-state index in [1.807, 2.05) is 0 Å². The lowest BCUT2D eigenvalue weighted by Gasteiger charge is -2.11. The van der Waals surface area contributed by atoms with Gasteiger partial charge in [-0.25, -0.2) is 0 Å². The van der Waals surface area contributed by atoms with E-state index in [0.29, 0.717) is 16.3 Å². The third-order valence-corrected chi connectivity index (χ3v) is 4.92. The lowest BCUT2D eigenvalue weighted by atomic mass is 10.3. The predicted molar refractivity (Wildman–Crippen MR) is 65.6 cm³/mol. The van der Waals surface area contributed by atoms with Crippen molar-refractivity contribution in [2.24, 2.45) is 22.0 Å². The van der Waals surface area contributed by atoms with E-state index in [-0.39, 0.29) is 11.1 Å². The first kappa shape index (κ1) is 13.7. The number of rotatable bonds is 3. The van der Waals surface area contributed by atoms with Crippen LogP contribution in [0.25, 0.3) is 0 Å². The lowest BCUT2D eigenvalue weighted by Crippen LogP contribution is -2.19. The van der Waals surface area contributed by atoms with Crippen LogP contribution in [0.4, 0.5) is 0 Å². The molecule has 90 valence electrons. The Morgan fingerprint density at radius 2 is 1.69 bits per heavy atom. The van der Waals surface area contributed by atoms with Crippen molar-refractivity contribution < 1.29 is 14.2 Å². The normalized spacial score (nSPS) is 12.8. The molecular formula is C6H12N4O3P2S. The van der Waals surface area contributed by atoms with Crippen LogP contribution in [0.1, 0.15) is 0 Å². The molecule has 0 radical (unpaired) electrons. The highest BCUT2D eigenvalue weighted by Crippen LogP contribution is 2.48. The Bertz CT molecular complexity index is 497. The summed E-state index contributed by atoms with van der Waals surface area (Å²) in [6, 6.07) is 3.92. The minimum Gasteiger partial charge on any atom is -0.507 e. The van der Waals surface area contributed by atoms with Crippen LogP contribution < -0.4 is 27.3 Å². The number of hydrogen-bond acceptors (Lipinski definition) is 4. The Morgan fingerprint density at radius 3 is 2.12 bits per heavy atom. The molecular weight excluding hydrogens is 270 g/mol. The van der Waals surface area contributed by atoms with Gasteiger partial charge >= 0.3 is 0 Å². The maximum atomic E-state index is 11.4. The fraction of sp³-hybridized carbons (Fsp3) is 0. The largest absolute Gasteiger partial charge is 0.507 e. The number of nitrogens with two attached hydrogens (primary N) is 4. The van der Waals surface area contributed by atoms with Gasteiger partial charge in [0.25, 0.3) is 6.65 Å². The van der Waals surface area contributed by atoms with Gasteiger partial charge in [0.2, 0.25) is 7.44 Å². The first-order chi connectivity index (χ1) is 7.09. The van der Waals surface area contributed by atoms with Crippen LogP contribution in [0.3, 0.4) is 0 Å². The summed E-state index contributed by atoms with van der Waals surface area (Å²) in [6.45, 7) is -3.31. The quantitative estimate of drug-likeness (QED) is 0.493. The zero-order valence-electron chi connectivity index (χ0n) is 8.11. The summed E-state index contributed by atoms with van der Waals surface area (Å²) in [5, 5.41) is 9.29. The Kier molecular flexibility index (Phi) is 3.87. The van der Waals surface area contributed by atoms with Gasteiger partial charge in [0.1, 0.15) is 5.75 Å². The fourth-order valence-electron chi connectivity index (χ4n) is 1.00. The van der Waals surface area contributed by atoms with Gasteiger partial charge in [-0.3, -0.25) is 31.1 Å². The molecule has 9 N–H and O–H groups in total. The third-order valence-electron chi connectivity index (χ3n) is 1.57. The van der Waals surface area contributed by atoms with Crippen LogP contribution in [0.5, 0.6) is 5.75 Å². The van der Waals surface area contributed by atoms with Crippen molar-refractivity contribution in [3.05, 3.63) is 18.2 Å². The highest BCUT2D eigenvalue weighted by molar-refractivity contribution is 8.56. The Morgan fingerprint density at radius 1 is 1.12 bits per heavy atom. The zero-order chi connectivity index (χ0) is 12.6. The van der Waals surface area contributed by atoms with Crippen LogP contribution in [-0.2, 0) is 9.13 Å². The molecule has 0 aromatic heterocycles. The molecule has 0 aliphatic heterocycles. The van der Waals surface area contributed by atoms with Gasteiger partial charge in [0.15, 0.2) is 0 Å². The maximum Gasteiger partial charge on any atom is 0.265 e. The summed E-state index contributed by atoms with van der Waals surface area (Å²) < 4.78 is 22.6. The molecule has 0 bridgehead atoms. The molecule has 0 saturated heterocycles. The molecule has 0 amide bonds. The van der Waals surface area contributed by atoms with Crippen LogP contribution >= 0.6 is 25.5 Å². The number of benzene rings is 1. The van der Waals surface area contributed by atoms with Crippen molar-refractivity contribution in [2.45, 2.75) is 4.90 Å². The second kappa shape index (κ2) is 4.50. The number of phenols is 1. The van der Waals surface area contributed by atoms with E-state index in [2.05, 4.69) is 0 Å². The van der Waals surface area contributed by atoms with Gasteiger partial charge in [-0.05, 0) is 29.6 Å². The van der Waals surface area contributed by atoms with Crippen molar-refractivity contribution in [3.63, 3.8) is 0 Å². The topological polar surface area (TPSA) is 158 Å². The summed E-state index contributed by atoms with van der Waals surface area (Å²) in [7, 11) is -3.58. The van der Waals surface area contributed by atoms with Gasteiger partial charge in [0, 0.05) is 4.90 Å².